The second kappa shape index (κ2) is 8.01. The Morgan fingerprint density at radius 1 is 1.19 bits per heavy atom. The van der Waals surface area contributed by atoms with E-state index in [1.54, 1.807) is 24.3 Å². The van der Waals surface area contributed by atoms with Gasteiger partial charge < -0.3 is 5.32 Å². The molecule has 0 saturated carbocycles. The van der Waals surface area contributed by atoms with E-state index in [0.717, 1.165) is 4.88 Å². The van der Waals surface area contributed by atoms with Gasteiger partial charge in [0.2, 0.25) is 11.7 Å². The maximum atomic E-state index is 12.4. The van der Waals surface area contributed by atoms with Crippen molar-refractivity contribution >= 4 is 28.7 Å². The van der Waals surface area contributed by atoms with Crippen LogP contribution < -0.4 is 5.32 Å². The maximum Gasteiger partial charge on any atom is 0.224 e. The highest BCUT2D eigenvalue weighted by molar-refractivity contribution is 7.13. The third-order valence-corrected chi connectivity index (χ3v) is 4.43. The van der Waals surface area contributed by atoms with Gasteiger partial charge in [-0.05, 0) is 46.8 Å². The zero-order valence-corrected chi connectivity index (χ0v) is 15.4. The Labute approximate surface area is 155 Å². The van der Waals surface area contributed by atoms with Gasteiger partial charge in [-0.2, -0.15) is 4.80 Å². The average molecular weight is 369 g/mol. The first-order chi connectivity index (χ1) is 12.5. The van der Waals surface area contributed by atoms with Crippen LogP contribution in [0.15, 0.2) is 41.8 Å². The van der Waals surface area contributed by atoms with Crippen LogP contribution in [0.3, 0.4) is 0 Å². The number of anilines is 1. The zero-order chi connectivity index (χ0) is 18.5. The number of hydrogen-bond donors (Lipinski definition) is 1. The highest BCUT2D eigenvalue weighted by Crippen LogP contribution is 2.19. The van der Waals surface area contributed by atoms with Crippen molar-refractivity contribution in [3.8, 4) is 10.7 Å². The van der Waals surface area contributed by atoms with E-state index in [9.17, 15) is 9.59 Å². The predicted molar refractivity (Wildman–Crippen MR) is 100.0 cm³/mol. The van der Waals surface area contributed by atoms with Crippen LogP contribution in [0, 0.1) is 5.92 Å². The van der Waals surface area contributed by atoms with Gasteiger partial charge in [0.25, 0.3) is 0 Å². The summed E-state index contributed by atoms with van der Waals surface area (Å²) in [6.45, 7) is 3.99. The molecule has 0 fully saturated rings. The molecule has 134 valence electrons. The average Bonchev–Trinajstić information content (AvgIpc) is 3.25. The summed E-state index contributed by atoms with van der Waals surface area (Å²) >= 11 is 1.52. The van der Waals surface area contributed by atoms with Crippen molar-refractivity contribution in [2.45, 2.75) is 26.8 Å². The second-order valence-electron chi connectivity index (χ2n) is 6.27. The standard InChI is InChI=1S/C18H19N5O2S/c1-12(2)10-17(25)19-14-7-5-13(6-8-14)15(24)11-23-21-18(20-22-23)16-4-3-9-26-16/h3-9,12H,10-11H2,1-2H3,(H,19,25). The van der Waals surface area contributed by atoms with E-state index in [2.05, 4.69) is 20.7 Å². The predicted octanol–water partition coefficient (Wildman–Crippen LogP) is 3.27. The number of ketones is 1. The Hall–Kier alpha value is -2.87. The summed E-state index contributed by atoms with van der Waals surface area (Å²) in [5, 5.41) is 16.9. The molecule has 0 aliphatic rings. The molecule has 0 aliphatic carbocycles. The van der Waals surface area contributed by atoms with Crippen LogP contribution in [-0.2, 0) is 11.3 Å². The number of amides is 1. The van der Waals surface area contributed by atoms with Gasteiger partial charge in [0.1, 0.15) is 6.54 Å². The summed E-state index contributed by atoms with van der Waals surface area (Å²) in [5.74, 6) is 0.647. The van der Waals surface area contributed by atoms with Gasteiger partial charge >= 0.3 is 0 Å². The zero-order valence-electron chi connectivity index (χ0n) is 14.5. The molecule has 2 heterocycles. The van der Waals surface area contributed by atoms with Crippen molar-refractivity contribution in [1.82, 2.24) is 20.2 Å². The number of tetrazole rings is 1. The Bertz CT molecular complexity index is 885. The molecule has 0 aliphatic heterocycles. The van der Waals surface area contributed by atoms with E-state index in [0.29, 0.717) is 29.4 Å². The molecule has 0 saturated heterocycles. The van der Waals surface area contributed by atoms with Crippen LogP contribution >= 0.6 is 11.3 Å². The van der Waals surface area contributed by atoms with Gasteiger partial charge in [0.15, 0.2) is 5.78 Å². The minimum atomic E-state index is -0.125. The molecule has 0 atom stereocenters. The van der Waals surface area contributed by atoms with Gasteiger partial charge in [0, 0.05) is 17.7 Å². The van der Waals surface area contributed by atoms with Crippen LogP contribution in [0.5, 0.6) is 0 Å². The number of hydrogen-bond acceptors (Lipinski definition) is 6. The van der Waals surface area contributed by atoms with E-state index in [-0.39, 0.29) is 18.2 Å². The third kappa shape index (κ3) is 4.60. The van der Waals surface area contributed by atoms with Crippen LogP contribution in [0.4, 0.5) is 5.69 Å². The molecule has 7 nitrogen and oxygen atoms in total. The van der Waals surface area contributed by atoms with E-state index < -0.39 is 0 Å². The topological polar surface area (TPSA) is 89.8 Å². The molecule has 1 aromatic carbocycles. The Kier molecular flexibility index (Phi) is 5.52. The van der Waals surface area contributed by atoms with Gasteiger partial charge in [0.05, 0.1) is 4.88 Å². The normalized spacial score (nSPS) is 10.9. The Morgan fingerprint density at radius 3 is 2.62 bits per heavy atom. The Balaban J connectivity index is 1.61. The molecule has 3 rings (SSSR count). The molecule has 0 bridgehead atoms. The summed E-state index contributed by atoms with van der Waals surface area (Å²) in [4.78, 5) is 26.3. The lowest BCUT2D eigenvalue weighted by molar-refractivity contribution is -0.116. The largest absolute Gasteiger partial charge is 0.326 e. The van der Waals surface area contributed by atoms with Gasteiger partial charge in [-0.25, -0.2) is 0 Å². The van der Waals surface area contributed by atoms with Crippen molar-refractivity contribution in [1.29, 1.82) is 0 Å². The van der Waals surface area contributed by atoms with Crippen molar-refractivity contribution < 1.29 is 9.59 Å². The van der Waals surface area contributed by atoms with Crippen molar-refractivity contribution in [3.05, 3.63) is 47.3 Å². The van der Waals surface area contributed by atoms with E-state index >= 15 is 0 Å². The number of rotatable bonds is 7. The van der Waals surface area contributed by atoms with Gasteiger partial charge in [-0.1, -0.05) is 19.9 Å². The molecule has 8 heteroatoms. The lowest BCUT2D eigenvalue weighted by atomic mass is 10.1. The van der Waals surface area contributed by atoms with Crippen LogP contribution in [0.2, 0.25) is 0 Å². The fourth-order valence-corrected chi connectivity index (χ4v) is 3.00. The number of thiophene rings is 1. The van der Waals surface area contributed by atoms with Gasteiger partial charge in [-0.15, -0.1) is 21.5 Å². The molecule has 1 N–H and O–H groups in total. The first kappa shape index (κ1) is 17.9. The van der Waals surface area contributed by atoms with Crippen LogP contribution in [0.1, 0.15) is 30.6 Å². The number of nitrogens with one attached hydrogen (secondary N) is 1. The lowest BCUT2D eigenvalue weighted by Crippen LogP contribution is -2.15. The molecular formula is C18H19N5O2S. The first-order valence-electron chi connectivity index (χ1n) is 8.26. The van der Waals surface area contributed by atoms with Crippen LogP contribution in [0.25, 0.3) is 10.7 Å². The molecular weight excluding hydrogens is 350 g/mol. The number of benzene rings is 1. The van der Waals surface area contributed by atoms with E-state index in [1.165, 1.54) is 16.1 Å². The summed E-state index contributed by atoms with van der Waals surface area (Å²) in [6, 6.07) is 10.6. The number of Topliss-reactive ketones (excluding diaryl/α,β-unsaturated/α-hetero) is 1. The molecule has 0 radical (unpaired) electrons. The smallest absolute Gasteiger partial charge is 0.224 e. The summed E-state index contributed by atoms with van der Waals surface area (Å²) in [5.41, 5.74) is 1.20. The summed E-state index contributed by atoms with van der Waals surface area (Å²) in [7, 11) is 0. The van der Waals surface area contributed by atoms with E-state index in [4.69, 9.17) is 0 Å². The molecule has 1 amide bonds. The minimum absolute atomic E-state index is 0.0113. The second-order valence-corrected chi connectivity index (χ2v) is 7.22. The minimum Gasteiger partial charge on any atom is -0.326 e. The quantitative estimate of drug-likeness (QED) is 0.646. The first-order valence-corrected chi connectivity index (χ1v) is 9.14. The highest BCUT2D eigenvalue weighted by Gasteiger charge is 2.12. The maximum absolute atomic E-state index is 12.4. The number of carbonyl (C=O) groups is 2. The molecule has 2 aromatic heterocycles. The fraction of sp³-hybridized carbons (Fsp3) is 0.278. The van der Waals surface area contributed by atoms with Crippen molar-refractivity contribution in [3.63, 3.8) is 0 Å². The lowest BCUT2D eigenvalue weighted by Gasteiger charge is -2.07. The van der Waals surface area contributed by atoms with Gasteiger partial charge in [-0.3, -0.25) is 9.59 Å². The SMILES string of the molecule is CC(C)CC(=O)Nc1ccc(C(=O)Cn2nnc(-c3cccs3)n2)cc1. The third-order valence-electron chi connectivity index (χ3n) is 3.56. The molecule has 26 heavy (non-hydrogen) atoms. The summed E-state index contributed by atoms with van der Waals surface area (Å²) in [6.07, 6.45) is 0.464. The Morgan fingerprint density at radius 2 is 1.96 bits per heavy atom. The van der Waals surface area contributed by atoms with E-state index in [1.807, 2.05) is 31.4 Å². The summed E-state index contributed by atoms with van der Waals surface area (Å²) < 4.78 is 0. The van der Waals surface area contributed by atoms with Crippen molar-refractivity contribution in [2.75, 3.05) is 5.32 Å². The highest BCUT2D eigenvalue weighted by atomic mass is 32.1. The van der Waals surface area contributed by atoms with Crippen molar-refractivity contribution in [2.24, 2.45) is 5.92 Å². The molecule has 3 aromatic rings. The number of aromatic nitrogens is 4. The molecule has 0 spiro atoms. The van der Waals surface area contributed by atoms with Crippen LogP contribution in [-0.4, -0.2) is 31.9 Å². The number of carbonyl (C=O) groups excluding carboxylic acids is 2. The fourth-order valence-electron chi connectivity index (χ4n) is 2.36. The molecule has 0 unspecified atom stereocenters. The number of nitrogens with zero attached hydrogens (tertiary/aromatic N) is 4. The monoisotopic (exact) mass is 369 g/mol.